The zero-order valence-electron chi connectivity index (χ0n) is 16.6. The third kappa shape index (κ3) is 3.55. The van der Waals surface area contributed by atoms with Crippen molar-refractivity contribution in [3.63, 3.8) is 0 Å². The van der Waals surface area contributed by atoms with Crippen LogP contribution in [0.25, 0.3) is 16.1 Å². The Labute approximate surface area is 185 Å². The molecule has 0 bridgehead atoms. The van der Waals surface area contributed by atoms with Gasteiger partial charge in [-0.3, -0.25) is 4.79 Å². The van der Waals surface area contributed by atoms with Crippen LogP contribution in [0.15, 0.2) is 48.9 Å². The molecule has 1 aliphatic carbocycles. The summed E-state index contributed by atoms with van der Waals surface area (Å²) < 4.78 is 29.6. The van der Waals surface area contributed by atoms with Crippen molar-refractivity contribution in [1.29, 1.82) is 5.26 Å². The number of hydrogen-bond donors (Lipinski definition) is 1. The fourth-order valence-electron chi connectivity index (χ4n) is 3.74. The van der Waals surface area contributed by atoms with Gasteiger partial charge in [-0.2, -0.15) is 5.26 Å². The third-order valence-electron chi connectivity index (χ3n) is 5.29. The molecule has 2 heterocycles. The Bertz CT molecular complexity index is 1380. The van der Waals surface area contributed by atoms with Gasteiger partial charge in [0.25, 0.3) is 5.91 Å². The molecule has 0 atom stereocenters. The van der Waals surface area contributed by atoms with Gasteiger partial charge in [-0.15, -0.1) is 11.3 Å². The number of nitriles is 1. The summed E-state index contributed by atoms with van der Waals surface area (Å²) in [5, 5.41) is 11.5. The maximum Gasteiger partial charge on any atom is 0.284 e. The lowest BCUT2D eigenvalue weighted by Gasteiger charge is -2.09. The summed E-state index contributed by atoms with van der Waals surface area (Å²) in [6, 6.07) is 11.4. The predicted molar refractivity (Wildman–Crippen MR) is 116 cm³/mol. The van der Waals surface area contributed by atoms with Crippen LogP contribution in [-0.2, 0) is 12.8 Å². The third-order valence-corrected chi connectivity index (χ3v) is 6.42. The second-order valence-electron chi connectivity index (χ2n) is 7.32. The summed E-state index contributed by atoms with van der Waals surface area (Å²) >= 11 is 1.20. The first-order valence-corrected chi connectivity index (χ1v) is 10.7. The highest BCUT2D eigenvalue weighted by Gasteiger charge is 2.24. The van der Waals surface area contributed by atoms with Crippen LogP contribution >= 0.6 is 11.3 Å². The van der Waals surface area contributed by atoms with Crippen molar-refractivity contribution >= 4 is 22.9 Å². The molecule has 2 aromatic carbocycles. The van der Waals surface area contributed by atoms with E-state index in [1.807, 2.05) is 24.3 Å². The van der Waals surface area contributed by atoms with E-state index in [0.29, 0.717) is 12.1 Å². The molecule has 158 valence electrons. The Morgan fingerprint density at radius 3 is 2.75 bits per heavy atom. The number of anilines is 1. The molecular weight excluding hydrogens is 432 g/mol. The topological polar surface area (TPSA) is 83.6 Å². The Kier molecular flexibility index (Phi) is 4.99. The number of halogens is 2. The molecule has 1 N–H and O–H groups in total. The molecule has 32 heavy (non-hydrogen) atoms. The largest absolute Gasteiger partial charge is 0.315 e. The second kappa shape index (κ2) is 7.98. The van der Waals surface area contributed by atoms with E-state index in [2.05, 4.69) is 15.3 Å². The standard InChI is InChI=1S/C23H15F2N5OS/c24-17-4-2-5-18(25)20(17)29-22(31)23-28-19-6-1-3-13-7-8-15(9-16(13)21(19)32-23)30-11-14(10-26)27-12-30/h2,4-5,7-9,11-12H,1,3,6H2,(H,29,31). The molecule has 4 aromatic rings. The van der Waals surface area contributed by atoms with Crippen molar-refractivity contribution in [2.45, 2.75) is 19.3 Å². The van der Waals surface area contributed by atoms with Crippen LogP contribution in [0.1, 0.15) is 33.2 Å². The van der Waals surface area contributed by atoms with Gasteiger partial charge in [0.05, 0.1) is 10.6 Å². The van der Waals surface area contributed by atoms with Crippen LogP contribution < -0.4 is 5.32 Å². The van der Waals surface area contributed by atoms with Crippen molar-refractivity contribution in [2.24, 2.45) is 0 Å². The molecule has 1 aliphatic rings. The SMILES string of the molecule is N#Cc1cn(-c2ccc3c(c2)-c2sc(C(=O)Nc4c(F)cccc4F)nc2CCC3)cn1. The summed E-state index contributed by atoms with van der Waals surface area (Å²) in [5.74, 6) is -2.34. The van der Waals surface area contributed by atoms with E-state index in [1.54, 1.807) is 17.1 Å². The van der Waals surface area contributed by atoms with Crippen molar-refractivity contribution in [3.8, 4) is 22.2 Å². The first kappa shape index (κ1) is 20.0. The fraction of sp³-hybridized carbons (Fsp3) is 0.130. The number of rotatable bonds is 3. The molecule has 0 aliphatic heterocycles. The van der Waals surface area contributed by atoms with Gasteiger partial charge in [-0.1, -0.05) is 12.1 Å². The van der Waals surface area contributed by atoms with E-state index in [1.165, 1.54) is 17.4 Å². The maximum atomic E-state index is 13.9. The molecule has 0 saturated heterocycles. The number of carbonyl (C=O) groups is 1. The van der Waals surface area contributed by atoms with E-state index < -0.39 is 23.2 Å². The van der Waals surface area contributed by atoms with Gasteiger partial charge in [0.1, 0.15) is 29.7 Å². The fourth-order valence-corrected chi connectivity index (χ4v) is 4.79. The predicted octanol–water partition coefficient (Wildman–Crippen LogP) is 4.89. The van der Waals surface area contributed by atoms with E-state index in [0.717, 1.165) is 52.4 Å². The van der Waals surface area contributed by atoms with Crippen LogP contribution in [0.5, 0.6) is 0 Å². The molecule has 0 saturated carbocycles. The van der Waals surface area contributed by atoms with E-state index in [-0.39, 0.29) is 5.01 Å². The van der Waals surface area contributed by atoms with Gasteiger partial charge in [0.15, 0.2) is 10.7 Å². The zero-order chi connectivity index (χ0) is 22.2. The monoisotopic (exact) mass is 447 g/mol. The van der Waals surface area contributed by atoms with Crippen molar-refractivity contribution in [1.82, 2.24) is 14.5 Å². The van der Waals surface area contributed by atoms with Crippen molar-refractivity contribution < 1.29 is 13.6 Å². The van der Waals surface area contributed by atoms with Gasteiger partial charge in [-0.25, -0.2) is 18.7 Å². The van der Waals surface area contributed by atoms with Crippen LogP contribution in [-0.4, -0.2) is 20.4 Å². The molecule has 6 nitrogen and oxygen atoms in total. The average Bonchev–Trinajstić information content (AvgIpc) is 3.41. The van der Waals surface area contributed by atoms with Gasteiger partial charge in [0, 0.05) is 11.9 Å². The Balaban J connectivity index is 1.52. The highest BCUT2D eigenvalue weighted by Crippen LogP contribution is 2.38. The molecule has 0 fully saturated rings. The van der Waals surface area contributed by atoms with Crippen molar-refractivity contribution in [3.05, 3.63) is 82.5 Å². The van der Waals surface area contributed by atoms with Crippen LogP contribution in [0, 0.1) is 23.0 Å². The lowest BCUT2D eigenvalue weighted by molar-refractivity contribution is 0.102. The van der Waals surface area contributed by atoms with Gasteiger partial charge >= 0.3 is 0 Å². The Hall–Kier alpha value is -3.90. The summed E-state index contributed by atoms with van der Waals surface area (Å²) in [4.78, 5) is 22.1. The van der Waals surface area contributed by atoms with Gasteiger partial charge in [0.2, 0.25) is 0 Å². The molecular formula is C23H15F2N5OS. The number of carbonyl (C=O) groups excluding carboxylic acids is 1. The summed E-state index contributed by atoms with van der Waals surface area (Å²) in [6.45, 7) is 0. The summed E-state index contributed by atoms with van der Waals surface area (Å²) in [7, 11) is 0. The minimum atomic E-state index is -0.844. The quantitative estimate of drug-likeness (QED) is 0.485. The van der Waals surface area contributed by atoms with E-state index in [4.69, 9.17) is 5.26 Å². The number of amides is 1. The molecule has 0 radical (unpaired) electrons. The number of aromatic nitrogens is 3. The zero-order valence-corrected chi connectivity index (χ0v) is 17.4. The van der Waals surface area contributed by atoms with Crippen LogP contribution in [0.3, 0.4) is 0 Å². The average molecular weight is 447 g/mol. The summed E-state index contributed by atoms with van der Waals surface area (Å²) in [5.41, 5.74) is 3.53. The molecule has 0 spiro atoms. The number of nitrogens with zero attached hydrogens (tertiary/aromatic N) is 4. The number of benzene rings is 2. The van der Waals surface area contributed by atoms with Gasteiger partial charge in [-0.05, 0) is 54.7 Å². The molecule has 5 rings (SSSR count). The van der Waals surface area contributed by atoms with E-state index in [9.17, 15) is 13.6 Å². The highest BCUT2D eigenvalue weighted by molar-refractivity contribution is 7.17. The number of nitrogens with one attached hydrogen (secondary N) is 1. The lowest BCUT2D eigenvalue weighted by atomic mass is 10.0. The molecule has 2 aromatic heterocycles. The smallest absolute Gasteiger partial charge is 0.284 e. The number of aryl methyl sites for hydroxylation is 2. The minimum absolute atomic E-state index is 0.144. The number of thiazole rings is 1. The number of fused-ring (bicyclic) bond motifs is 3. The van der Waals surface area contributed by atoms with Crippen LogP contribution in [0.2, 0.25) is 0 Å². The minimum Gasteiger partial charge on any atom is -0.315 e. The normalized spacial score (nSPS) is 12.4. The molecule has 0 unspecified atom stereocenters. The van der Waals surface area contributed by atoms with E-state index >= 15 is 0 Å². The molecule has 1 amide bonds. The van der Waals surface area contributed by atoms with Gasteiger partial charge < -0.3 is 9.88 Å². The second-order valence-corrected chi connectivity index (χ2v) is 8.32. The number of para-hydroxylation sites is 1. The highest BCUT2D eigenvalue weighted by atomic mass is 32.1. The number of imidazole rings is 1. The Morgan fingerprint density at radius 2 is 2.00 bits per heavy atom. The first-order chi connectivity index (χ1) is 15.5. The first-order valence-electron chi connectivity index (χ1n) is 9.86. The van der Waals surface area contributed by atoms with Crippen LogP contribution in [0.4, 0.5) is 14.5 Å². The maximum absolute atomic E-state index is 13.9. The lowest BCUT2D eigenvalue weighted by Crippen LogP contribution is -2.14. The molecule has 9 heteroatoms. The summed E-state index contributed by atoms with van der Waals surface area (Å²) in [6.07, 6.45) is 5.66. The number of hydrogen-bond acceptors (Lipinski definition) is 5. The Morgan fingerprint density at radius 1 is 1.19 bits per heavy atom. The van der Waals surface area contributed by atoms with Crippen molar-refractivity contribution in [2.75, 3.05) is 5.32 Å².